The average Bonchev–Trinajstić information content (AvgIpc) is 2.70. The zero-order chi connectivity index (χ0) is 21.8. The molecule has 0 saturated heterocycles. The van der Waals surface area contributed by atoms with E-state index in [0.29, 0.717) is 6.42 Å². The van der Waals surface area contributed by atoms with Crippen LogP contribution in [0, 0.1) is 5.92 Å². The standard InChI is InChI=1S/C19H29N5O5/c1-4-12(2)16(18(27)24-21-10-15(20)25)23-17(26)13(3)22-19(28)29-11-14-8-6-5-7-9-14/h5-9,12-13,16,21H,4,10-11H2,1-3H3,(H2,20,25)(H,22,28)(H,23,26)(H,24,27)/t12-,13-,16-/m0/s1. The van der Waals surface area contributed by atoms with Crippen LogP contribution >= 0.6 is 0 Å². The van der Waals surface area contributed by atoms with Crippen LogP contribution in [0.2, 0.25) is 0 Å². The fourth-order valence-electron chi connectivity index (χ4n) is 2.28. The molecule has 29 heavy (non-hydrogen) atoms. The average molecular weight is 407 g/mol. The molecule has 0 fully saturated rings. The van der Waals surface area contributed by atoms with Gasteiger partial charge >= 0.3 is 6.09 Å². The first-order valence-corrected chi connectivity index (χ1v) is 9.33. The largest absolute Gasteiger partial charge is 0.445 e. The van der Waals surface area contributed by atoms with E-state index in [9.17, 15) is 19.2 Å². The van der Waals surface area contributed by atoms with Crippen LogP contribution in [-0.2, 0) is 25.7 Å². The SMILES string of the molecule is CC[C@H](C)[C@H](NC(=O)[C@H](C)NC(=O)OCc1ccccc1)C(=O)NNCC(N)=O. The lowest BCUT2D eigenvalue weighted by Crippen LogP contribution is -2.57. The lowest BCUT2D eigenvalue weighted by atomic mass is 9.98. The number of hydrogen-bond acceptors (Lipinski definition) is 6. The summed E-state index contributed by atoms with van der Waals surface area (Å²) < 4.78 is 5.08. The van der Waals surface area contributed by atoms with Crippen molar-refractivity contribution in [2.45, 2.75) is 45.9 Å². The molecule has 1 aromatic carbocycles. The number of nitrogens with one attached hydrogen (secondary N) is 4. The summed E-state index contributed by atoms with van der Waals surface area (Å²) in [7, 11) is 0. The van der Waals surface area contributed by atoms with E-state index < -0.39 is 35.9 Å². The number of alkyl carbamates (subject to hydrolysis) is 1. The minimum Gasteiger partial charge on any atom is -0.445 e. The second-order valence-electron chi connectivity index (χ2n) is 6.61. The molecule has 160 valence electrons. The van der Waals surface area contributed by atoms with Crippen molar-refractivity contribution in [1.29, 1.82) is 0 Å². The first kappa shape index (κ1) is 23.9. The van der Waals surface area contributed by atoms with E-state index in [-0.39, 0.29) is 19.1 Å². The number of carbonyl (C=O) groups excluding carboxylic acids is 4. The second-order valence-corrected chi connectivity index (χ2v) is 6.61. The van der Waals surface area contributed by atoms with Gasteiger partial charge in [0.05, 0.1) is 6.54 Å². The Morgan fingerprint density at radius 3 is 2.28 bits per heavy atom. The van der Waals surface area contributed by atoms with Crippen molar-refractivity contribution in [3.63, 3.8) is 0 Å². The van der Waals surface area contributed by atoms with Gasteiger partial charge in [-0.1, -0.05) is 50.6 Å². The Balaban J connectivity index is 2.55. The number of rotatable bonds is 11. The molecule has 0 radical (unpaired) electrons. The minimum absolute atomic E-state index is 0.0739. The van der Waals surface area contributed by atoms with Gasteiger partial charge in [0.15, 0.2) is 0 Å². The molecule has 4 amide bonds. The number of carbonyl (C=O) groups is 4. The van der Waals surface area contributed by atoms with Crippen LogP contribution in [0.25, 0.3) is 0 Å². The number of amides is 4. The van der Waals surface area contributed by atoms with Crippen LogP contribution in [0.15, 0.2) is 30.3 Å². The number of benzene rings is 1. The van der Waals surface area contributed by atoms with Crippen molar-refractivity contribution < 1.29 is 23.9 Å². The van der Waals surface area contributed by atoms with Crippen molar-refractivity contribution in [2.24, 2.45) is 11.7 Å². The van der Waals surface area contributed by atoms with Gasteiger partial charge in [-0.15, -0.1) is 0 Å². The van der Waals surface area contributed by atoms with Gasteiger partial charge in [-0.25, -0.2) is 10.2 Å². The van der Waals surface area contributed by atoms with Gasteiger partial charge in [0.2, 0.25) is 11.8 Å². The summed E-state index contributed by atoms with van der Waals surface area (Å²) in [6.07, 6.45) is -0.126. The molecular formula is C19H29N5O5. The van der Waals surface area contributed by atoms with Crippen LogP contribution in [0.3, 0.4) is 0 Å². The van der Waals surface area contributed by atoms with E-state index in [1.807, 2.05) is 37.3 Å². The summed E-state index contributed by atoms with van der Waals surface area (Å²) in [5, 5.41) is 5.03. The number of primary amides is 1. The molecule has 0 aliphatic carbocycles. The molecule has 0 aliphatic heterocycles. The quantitative estimate of drug-likeness (QED) is 0.324. The maximum atomic E-state index is 12.4. The van der Waals surface area contributed by atoms with E-state index in [1.54, 1.807) is 6.92 Å². The highest BCUT2D eigenvalue weighted by Gasteiger charge is 2.28. The Morgan fingerprint density at radius 2 is 1.69 bits per heavy atom. The smallest absolute Gasteiger partial charge is 0.408 e. The first-order valence-electron chi connectivity index (χ1n) is 9.33. The van der Waals surface area contributed by atoms with Crippen LogP contribution in [0.1, 0.15) is 32.8 Å². The molecule has 10 heteroatoms. The summed E-state index contributed by atoms with van der Waals surface area (Å²) >= 11 is 0. The first-order chi connectivity index (χ1) is 13.7. The van der Waals surface area contributed by atoms with Crippen molar-refractivity contribution in [2.75, 3.05) is 6.54 Å². The van der Waals surface area contributed by atoms with Gasteiger partial charge in [-0.2, -0.15) is 0 Å². The zero-order valence-corrected chi connectivity index (χ0v) is 16.9. The summed E-state index contributed by atoms with van der Waals surface area (Å²) in [5.41, 5.74) is 10.5. The van der Waals surface area contributed by atoms with Crippen molar-refractivity contribution >= 4 is 23.8 Å². The topological polar surface area (TPSA) is 152 Å². The predicted molar refractivity (Wildman–Crippen MR) is 106 cm³/mol. The van der Waals surface area contributed by atoms with Crippen molar-refractivity contribution in [1.82, 2.24) is 21.5 Å². The highest BCUT2D eigenvalue weighted by molar-refractivity contribution is 5.91. The fourth-order valence-corrected chi connectivity index (χ4v) is 2.28. The van der Waals surface area contributed by atoms with E-state index >= 15 is 0 Å². The van der Waals surface area contributed by atoms with Crippen LogP contribution < -0.4 is 27.2 Å². The molecule has 10 nitrogen and oxygen atoms in total. The van der Waals surface area contributed by atoms with Crippen molar-refractivity contribution in [3.05, 3.63) is 35.9 Å². The second kappa shape index (κ2) is 12.3. The lowest BCUT2D eigenvalue weighted by Gasteiger charge is -2.25. The monoisotopic (exact) mass is 407 g/mol. The summed E-state index contributed by atoms with van der Waals surface area (Å²) in [6, 6.07) is 7.34. The Hall–Kier alpha value is -3.14. The van der Waals surface area contributed by atoms with Gasteiger partial charge in [0.1, 0.15) is 18.7 Å². The number of ether oxygens (including phenoxy) is 1. The number of hydrazine groups is 1. The van der Waals surface area contributed by atoms with Crippen LogP contribution in [-0.4, -0.2) is 42.4 Å². The molecule has 0 spiro atoms. The summed E-state index contributed by atoms with van der Waals surface area (Å²) in [4.78, 5) is 47.4. The molecule has 0 bridgehead atoms. The fraction of sp³-hybridized carbons (Fsp3) is 0.474. The molecule has 0 aliphatic rings. The molecular weight excluding hydrogens is 378 g/mol. The summed E-state index contributed by atoms with van der Waals surface area (Å²) in [6.45, 7) is 4.99. The highest BCUT2D eigenvalue weighted by Crippen LogP contribution is 2.08. The minimum atomic E-state index is -0.920. The lowest BCUT2D eigenvalue weighted by molar-refractivity contribution is -0.131. The molecule has 6 N–H and O–H groups in total. The highest BCUT2D eigenvalue weighted by atomic mass is 16.5. The molecule has 1 aromatic rings. The number of hydrogen-bond donors (Lipinski definition) is 5. The Morgan fingerprint density at radius 1 is 1.03 bits per heavy atom. The molecule has 0 unspecified atom stereocenters. The Kier molecular flexibility index (Phi) is 10.2. The van der Waals surface area contributed by atoms with Gasteiger partial charge in [0, 0.05) is 0 Å². The molecule has 1 rings (SSSR count). The Bertz CT molecular complexity index is 697. The van der Waals surface area contributed by atoms with Gasteiger partial charge in [-0.3, -0.25) is 19.8 Å². The normalized spacial score (nSPS) is 13.5. The maximum absolute atomic E-state index is 12.4. The van der Waals surface area contributed by atoms with Gasteiger partial charge in [0.25, 0.3) is 5.91 Å². The van der Waals surface area contributed by atoms with E-state index in [0.717, 1.165) is 5.56 Å². The van der Waals surface area contributed by atoms with E-state index in [2.05, 4.69) is 21.5 Å². The molecule has 0 aromatic heterocycles. The predicted octanol–water partition coefficient (Wildman–Crippen LogP) is -0.0617. The zero-order valence-electron chi connectivity index (χ0n) is 16.9. The Labute approximate surface area is 169 Å². The maximum Gasteiger partial charge on any atom is 0.408 e. The van der Waals surface area contributed by atoms with E-state index in [4.69, 9.17) is 10.5 Å². The third-order valence-corrected chi connectivity index (χ3v) is 4.21. The molecule has 0 saturated carbocycles. The van der Waals surface area contributed by atoms with Crippen LogP contribution in [0.5, 0.6) is 0 Å². The molecule has 0 heterocycles. The van der Waals surface area contributed by atoms with Crippen molar-refractivity contribution in [3.8, 4) is 0 Å². The number of nitrogens with two attached hydrogens (primary N) is 1. The van der Waals surface area contributed by atoms with Gasteiger partial charge in [-0.05, 0) is 18.4 Å². The molecule has 3 atom stereocenters. The van der Waals surface area contributed by atoms with E-state index in [1.165, 1.54) is 6.92 Å². The third-order valence-electron chi connectivity index (χ3n) is 4.21. The van der Waals surface area contributed by atoms with Gasteiger partial charge < -0.3 is 21.1 Å². The summed E-state index contributed by atoms with van der Waals surface area (Å²) in [5.74, 6) is -1.89. The van der Waals surface area contributed by atoms with Crippen LogP contribution in [0.4, 0.5) is 4.79 Å². The third kappa shape index (κ3) is 9.06.